The predicted octanol–water partition coefficient (Wildman–Crippen LogP) is 3.25. The number of likely N-dealkylation sites (tertiary alicyclic amines) is 1. The Morgan fingerprint density at radius 3 is 2.89 bits per heavy atom. The summed E-state index contributed by atoms with van der Waals surface area (Å²) in [5.41, 5.74) is 0.284. The topological polar surface area (TPSA) is 49.3 Å². The number of hydrogen-bond donors (Lipinski definition) is 0. The Hall–Kier alpha value is -2.21. The Labute approximate surface area is 163 Å². The molecular formula is C20H22ClFN4O. The van der Waals surface area contributed by atoms with Crippen molar-refractivity contribution < 1.29 is 9.18 Å². The highest BCUT2D eigenvalue weighted by Crippen LogP contribution is 2.34. The Morgan fingerprint density at radius 2 is 2.11 bits per heavy atom. The van der Waals surface area contributed by atoms with Crippen LogP contribution in [0.25, 0.3) is 0 Å². The summed E-state index contributed by atoms with van der Waals surface area (Å²) in [6, 6.07) is 6.57. The first-order valence-corrected chi connectivity index (χ1v) is 9.67. The summed E-state index contributed by atoms with van der Waals surface area (Å²) >= 11 is 6.10. The molecular weight excluding hydrogens is 367 g/mol. The summed E-state index contributed by atoms with van der Waals surface area (Å²) < 4.78 is 14.1. The Bertz CT molecular complexity index is 841. The van der Waals surface area contributed by atoms with Crippen molar-refractivity contribution in [1.29, 1.82) is 0 Å². The van der Waals surface area contributed by atoms with Gasteiger partial charge in [-0.25, -0.2) is 14.4 Å². The second kappa shape index (κ2) is 7.43. The number of carbonyl (C=O) groups is 1. The monoisotopic (exact) mass is 388 g/mol. The molecule has 1 amide bonds. The summed E-state index contributed by atoms with van der Waals surface area (Å²) in [5.74, 6) is 1.65. The summed E-state index contributed by atoms with van der Waals surface area (Å²) in [5, 5.41) is 0.306. The van der Waals surface area contributed by atoms with Gasteiger partial charge in [0.25, 0.3) is 0 Å². The van der Waals surface area contributed by atoms with E-state index in [9.17, 15) is 9.18 Å². The predicted molar refractivity (Wildman–Crippen MR) is 102 cm³/mol. The lowest BCUT2D eigenvalue weighted by Gasteiger charge is -2.39. The molecule has 5 nitrogen and oxygen atoms in total. The zero-order valence-corrected chi connectivity index (χ0v) is 16.0. The number of halogens is 2. The van der Waals surface area contributed by atoms with Gasteiger partial charge in [-0.3, -0.25) is 4.79 Å². The number of fused-ring (bicyclic) bond motifs is 1. The van der Waals surface area contributed by atoms with Gasteiger partial charge in [-0.2, -0.15) is 0 Å². The van der Waals surface area contributed by atoms with Crippen molar-refractivity contribution >= 4 is 23.3 Å². The second-order valence-electron chi connectivity index (χ2n) is 7.28. The van der Waals surface area contributed by atoms with Crippen LogP contribution < -0.4 is 4.90 Å². The molecule has 1 aromatic carbocycles. The average Bonchev–Trinajstić information content (AvgIpc) is 3.08. The first-order chi connectivity index (χ1) is 13.0. The fourth-order valence-corrected chi connectivity index (χ4v) is 4.46. The molecule has 0 N–H and O–H groups in total. The van der Waals surface area contributed by atoms with Gasteiger partial charge in [0, 0.05) is 36.4 Å². The highest BCUT2D eigenvalue weighted by atomic mass is 35.5. The van der Waals surface area contributed by atoms with E-state index >= 15 is 0 Å². The molecule has 3 heterocycles. The number of hydrogen-bond acceptors (Lipinski definition) is 4. The minimum Gasteiger partial charge on any atom is -0.354 e. The van der Waals surface area contributed by atoms with E-state index in [1.54, 1.807) is 18.3 Å². The molecule has 0 radical (unpaired) electrons. The number of benzene rings is 1. The van der Waals surface area contributed by atoms with Gasteiger partial charge in [0.15, 0.2) is 0 Å². The van der Waals surface area contributed by atoms with Gasteiger partial charge in [-0.05, 0) is 43.9 Å². The van der Waals surface area contributed by atoms with Crippen molar-refractivity contribution in [1.82, 2.24) is 14.9 Å². The molecule has 2 fully saturated rings. The lowest BCUT2D eigenvalue weighted by Crippen LogP contribution is -2.50. The minimum absolute atomic E-state index is 0.00133. The maximum absolute atomic E-state index is 14.1. The number of amides is 1. The van der Waals surface area contributed by atoms with E-state index in [1.807, 2.05) is 17.9 Å². The number of aryl methyl sites for hydroxylation is 1. The molecule has 0 saturated carbocycles. The molecule has 2 unspecified atom stereocenters. The molecule has 0 aliphatic carbocycles. The summed E-state index contributed by atoms with van der Waals surface area (Å²) in [7, 11) is 0. The lowest BCUT2D eigenvalue weighted by molar-refractivity contribution is -0.131. The van der Waals surface area contributed by atoms with Crippen molar-refractivity contribution in [2.45, 2.75) is 32.2 Å². The van der Waals surface area contributed by atoms with Crippen LogP contribution in [0.2, 0.25) is 5.02 Å². The van der Waals surface area contributed by atoms with Crippen LogP contribution in [0.5, 0.6) is 0 Å². The van der Waals surface area contributed by atoms with Gasteiger partial charge in [0.05, 0.1) is 12.5 Å². The molecule has 2 aliphatic heterocycles. The van der Waals surface area contributed by atoms with Gasteiger partial charge in [0.1, 0.15) is 17.5 Å². The van der Waals surface area contributed by atoms with Crippen LogP contribution in [0.15, 0.2) is 30.5 Å². The van der Waals surface area contributed by atoms with E-state index in [0.717, 1.165) is 44.1 Å². The van der Waals surface area contributed by atoms with Crippen molar-refractivity contribution in [2.75, 3.05) is 24.5 Å². The Morgan fingerprint density at radius 1 is 1.30 bits per heavy atom. The van der Waals surface area contributed by atoms with Gasteiger partial charge >= 0.3 is 0 Å². The zero-order chi connectivity index (χ0) is 19.0. The van der Waals surface area contributed by atoms with E-state index in [0.29, 0.717) is 10.9 Å². The first kappa shape index (κ1) is 18.2. The number of aromatic nitrogens is 2. The first-order valence-electron chi connectivity index (χ1n) is 9.30. The van der Waals surface area contributed by atoms with E-state index in [4.69, 9.17) is 11.6 Å². The van der Waals surface area contributed by atoms with Crippen LogP contribution in [-0.4, -0.2) is 46.5 Å². The molecule has 2 aromatic rings. The van der Waals surface area contributed by atoms with E-state index in [2.05, 4.69) is 14.9 Å². The standard InChI is InChI=1S/C20H22ClFN4O/c1-13-23-8-5-19(24-13)25-9-6-14-7-10-26(18(14)12-25)20(27)11-15-16(21)3-2-4-17(15)22/h2-5,8,14,18H,6-7,9-12H2,1H3. The Kier molecular flexibility index (Phi) is 5.00. The maximum atomic E-state index is 14.1. The number of piperidine rings is 1. The summed E-state index contributed by atoms with van der Waals surface area (Å²) in [6.07, 6.45) is 3.79. The van der Waals surface area contributed by atoms with Crippen LogP contribution in [0.3, 0.4) is 0 Å². The van der Waals surface area contributed by atoms with Crippen LogP contribution in [0.4, 0.5) is 10.2 Å². The normalized spacial score (nSPS) is 22.0. The highest BCUT2D eigenvalue weighted by molar-refractivity contribution is 6.31. The van der Waals surface area contributed by atoms with Crippen LogP contribution in [0, 0.1) is 18.7 Å². The molecule has 0 bridgehead atoms. The fraction of sp³-hybridized carbons (Fsp3) is 0.450. The third-order valence-electron chi connectivity index (χ3n) is 5.66. The SMILES string of the molecule is Cc1nccc(N2CCC3CCN(C(=O)Cc4c(F)cccc4Cl)C3C2)n1. The molecule has 142 valence electrons. The maximum Gasteiger partial charge on any atom is 0.227 e. The van der Waals surface area contributed by atoms with Crippen molar-refractivity contribution in [3.8, 4) is 0 Å². The smallest absolute Gasteiger partial charge is 0.227 e. The summed E-state index contributed by atoms with van der Waals surface area (Å²) in [4.78, 5) is 25.7. The second-order valence-corrected chi connectivity index (χ2v) is 7.68. The van der Waals surface area contributed by atoms with Crippen molar-refractivity contribution in [3.05, 3.63) is 52.7 Å². The molecule has 2 atom stereocenters. The van der Waals surface area contributed by atoms with Gasteiger partial charge in [-0.15, -0.1) is 0 Å². The molecule has 2 saturated heterocycles. The van der Waals surface area contributed by atoms with Crippen molar-refractivity contribution in [3.63, 3.8) is 0 Å². The molecule has 2 aliphatic rings. The number of rotatable bonds is 3. The number of anilines is 1. The van der Waals surface area contributed by atoms with Crippen LogP contribution in [-0.2, 0) is 11.2 Å². The molecule has 0 spiro atoms. The highest BCUT2D eigenvalue weighted by Gasteiger charge is 2.41. The van der Waals surface area contributed by atoms with Crippen LogP contribution in [0.1, 0.15) is 24.2 Å². The van der Waals surface area contributed by atoms with Crippen LogP contribution >= 0.6 is 11.6 Å². The molecule has 7 heteroatoms. The van der Waals surface area contributed by atoms with Crippen molar-refractivity contribution in [2.24, 2.45) is 5.92 Å². The molecule has 4 rings (SSSR count). The lowest BCUT2D eigenvalue weighted by atomic mass is 9.92. The zero-order valence-electron chi connectivity index (χ0n) is 15.2. The van der Waals surface area contributed by atoms with Gasteiger partial charge < -0.3 is 9.80 Å². The van der Waals surface area contributed by atoms with E-state index in [1.165, 1.54) is 6.07 Å². The van der Waals surface area contributed by atoms with E-state index in [-0.39, 0.29) is 23.9 Å². The minimum atomic E-state index is -0.423. The van der Waals surface area contributed by atoms with Gasteiger partial charge in [0.2, 0.25) is 5.91 Å². The molecule has 27 heavy (non-hydrogen) atoms. The largest absolute Gasteiger partial charge is 0.354 e. The average molecular weight is 389 g/mol. The third kappa shape index (κ3) is 3.63. The number of nitrogens with zero attached hydrogens (tertiary/aromatic N) is 4. The van der Waals surface area contributed by atoms with Gasteiger partial charge in [-0.1, -0.05) is 17.7 Å². The third-order valence-corrected chi connectivity index (χ3v) is 6.01. The quantitative estimate of drug-likeness (QED) is 0.809. The fourth-order valence-electron chi connectivity index (χ4n) is 4.23. The summed E-state index contributed by atoms with van der Waals surface area (Å²) in [6.45, 7) is 4.27. The van der Waals surface area contributed by atoms with E-state index < -0.39 is 5.82 Å². The Balaban J connectivity index is 1.50. The number of carbonyl (C=O) groups excluding carboxylic acids is 1. The molecule has 1 aromatic heterocycles.